The molecule has 5 atom stereocenters. The van der Waals surface area contributed by atoms with E-state index in [-0.39, 0.29) is 34.9 Å². The van der Waals surface area contributed by atoms with E-state index in [0.29, 0.717) is 13.2 Å². The molecule has 2 aliphatic rings. The van der Waals surface area contributed by atoms with Crippen LogP contribution in [-0.4, -0.2) is 47.3 Å². The minimum Gasteiger partial charge on any atom is -0.472 e. The van der Waals surface area contributed by atoms with Gasteiger partial charge < -0.3 is 23.7 Å². The van der Waals surface area contributed by atoms with Crippen molar-refractivity contribution in [3.05, 3.63) is 35.9 Å². The van der Waals surface area contributed by atoms with Gasteiger partial charge in [-0.25, -0.2) is 0 Å². The third-order valence-electron chi connectivity index (χ3n) is 4.58. The summed E-state index contributed by atoms with van der Waals surface area (Å²) < 4.78 is 30.2. The summed E-state index contributed by atoms with van der Waals surface area (Å²) in [7, 11) is 0. The molecule has 7 heteroatoms. The van der Waals surface area contributed by atoms with Gasteiger partial charge in [-0.05, 0) is 38.6 Å². The first kappa shape index (κ1) is 20.0. The van der Waals surface area contributed by atoms with Crippen LogP contribution in [0.1, 0.15) is 32.8 Å². The molecular formula is C19H26O5S2. The summed E-state index contributed by atoms with van der Waals surface area (Å²) in [6, 6.07) is 10.0. The minimum atomic E-state index is -0.640. The first-order chi connectivity index (χ1) is 12.3. The smallest absolute Gasteiger partial charge is 0.217 e. The van der Waals surface area contributed by atoms with Crippen LogP contribution in [0, 0.1) is 0 Å². The van der Waals surface area contributed by atoms with Crippen LogP contribution >= 0.6 is 24.8 Å². The molecule has 1 aromatic carbocycles. The molecule has 26 heavy (non-hydrogen) atoms. The molecule has 0 amide bonds. The van der Waals surface area contributed by atoms with Crippen molar-refractivity contribution < 1.29 is 23.7 Å². The molecule has 0 saturated carbocycles. The molecule has 0 spiro atoms. The van der Waals surface area contributed by atoms with Gasteiger partial charge in [0.25, 0.3) is 0 Å². The van der Waals surface area contributed by atoms with Crippen LogP contribution in [0.4, 0.5) is 0 Å². The molecule has 1 unspecified atom stereocenters. The maximum Gasteiger partial charge on any atom is 0.217 e. The van der Waals surface area contributed by atoms with Crippen LogP contribution in [-0.2, 0) is 30.3 Å². The van der Waals surface area contributed by atoms with Crippen molar-refractivity contribution in [2.45, 2.75) is 70.1 Å². The van der Waals surface area contributed by atoms with Gasteiger partial charge in [-0.2, -0.15) is 0 Å². The fourth-order valence-corrected chi connectivity index (χ4v) is 3.72. The Balaban J connectivity index is 1.76. The first-order valence-electron chi connectivity index (χ1n) is 8.86. The van der Waals surface area contributed by atoms with Crippen molar-refractivity contribution in [2.75, 3.05) is 6.61 Å². The average Bonchev–Trinajstić information content (AvgIpc) is 3.11. The quantitative estimate of drug-likeness (QED) is 0.585. The molecule has 2 fully saturated rings. The highest BCUT2D eigenvalue weighted by molar-refractivity contribution is 8.10. The van der Waals surface area contributed by atoms with Crippen LogP contribution < -0.4 is 0 Å². The highest BCUT2D eigenvalue weighted by atomic mass is 32.1. The van der Waals surface area contributed by atoms with Crippen LogP contribution in [0.15, 0.2) is 30.3 Å². The maximum absolute atomic E-state index is 6.27. The van der Waals surface area contributed by atoms with Crippen LogP contribution in [0.2, 0.25) is 0 Å². The number of thiol groups is 1. The second-order valence-electron chi connectivity index (χ2n) is 7.20. The fourth-order valence-electron chi connectivity index (χ4n) is 3.46. The number of rotatable bonds is 6. The van der Waals surface area contributed by atoms with Crippen molar-refractivity contribution in [3.63, 3.8) is 0 Å². The lowest BCUT2D eigenvalue weighted by Gasteiger charge is -2.31. The van der Waals surface area contributed by atoms with E-state index in [0.717, 1.165) is 12.0 Å². The second-order valence-corrected chi connectivity index (χ2v) is 8.28. The lowest BCUT2D eigenvalue weighted by molar-refractivity contribution is -0.181. The molecule has 0 N–H and O–H groups in total. The maximum atomic E-state index is 6.27. The Labute approximate surface area is 165 Å². The highest BCUT2D eigenvalue weighted by Crippen LogP contribution is 2.34. The van der Waals surface area contributed by atoms with E-state index >= 15 is 0 Å². The van der Waals surface area contributed by atoms with Gasteiger partial charge in [-0.1, -0.05) is 43.0 Å². The first-order valence-corrected chi connectivity index (χ1v) is 9.72. The van der Waals surface area contributed by atoms with Crippen molar-refractivity contribution >= 4 is 29.2 Å². The van der Waals surface area contributed by atoms with Gasteiger partial charge in [0.15, 0.2) is 5.79 Å². The molecule has 144 valence electrons. The Morgan fingerprint density at radius 3 is 2.69 bits per heavy atom. The Bertz CT molecular complexity index is 609. The van der Waals surface area contributed by atoms with E-state index in [9.17, 15) is 0 Å². The summed E-state index contributed by atoms with van der Waals surface area (Å²) in [6.07, 6.45) is -0.332. The van der Waals surface area contributed by atoms with E-state index in [1.807, 2.05) is 51.1 Å². The monoisotopic (exact) mass is 398 g/mol. The molecule has 0 bridgehead atoms. The van der Waals surface area contributed by atoms with Crippen LogP contribution in [0.5, 0.6) is 0 Å². The topological polar surface area (TPSA) is 46.2 Å². The van der Waals surface area contributed by atoms with E-state index < -0.39 is 5.79 Å². The molecule has 2 aliphatic heterocycles. The van der Waals surface area contributed by atoms with E-state index in [1.165, 1.54) is 0 Å². The van der Waals surface area contributed by atoms with Gasteiger partial charge >= 0.3 is 0 Å². The van der Waals surface area contributed by atoms with Crippen LogP contribution in [0.25, 0.3) is 0 Å². The zero-order valence-corrected chi connectivity index (χ0v) is 17.0. The molecule has 0 aliphatic carbocycles. The summed E-state index contributed by atoms with van der Waals surface area (Å²) in [6.45, 7) is 6.71. The lowest BCUT2D eigenvalue weighted by Crippen LogP contribution is -2.47. The van der Waals surface area contributed by atoms with Crippen molar-refractivity contribution in [2.24, 2.45) is 0 Å². The molecule has 2 saturated heterocycles. The van der Waals surface area contributed by atoms with Crippen molar-refractivity contribution in [1.29, 1.82) is 0 Å². The summed E-state index contributed by atoms with van der Waals surface area (Å²) >= 11 is 9.13. The molecule has 2 heterocycles. The highest BCUT2D eigenvalue weighted by Gasteiger charge is 2.48. The normalized spacial score (nSPS) is 31.7. The Morgan fingerprint density at radius 2 is 2.08 bits per heavy atom. The standard InChI is InChI=1S/C19H26O5S2/c1-12-9-14(23-18(25)26)17(22-12)16(15-11-21-19(2,3)24-15)20-10-13-7-5-4-6-8-13/h4-8,12,14-17H,9-11H2,1-3H3,(H,25,26)/t12?,14-,15-,16+,17+/m0/s1. The largest absolute Gasteiger partial charge is 0.472 e. The van der Waals surface area contributed by atoms with Crippen molar-refractivity contribution in [3.8, 4) is 0 Å². The molecule has 1 aromatic rings. The Hall–Kier alpha value is -0.700. The third-order valence-corrected chi connectivity index (χ3v) is 4.78. The molecule has 0 radical (unpaired) electrons. The molecule has 5 nitrogen and oxygen atoms in total. The molecular weight excluding hydrogens is 372 g/mol. The molecule has 3 rings (SSSR count). The van der Waals surface area contributed by atoms with E-state index in [2.05, 4.69) is 12.6 Å². The van der Waals surface area contributed by atoms with Gasteiger partial charge in [-0.3, -0.25) is 0 Å². The second kappa shape index (κ2) is 8.54. The van der Waals surface area contributed by atoms with Crippen molar-refractivity contribution in [1.82, 2.24) is 0 Å². The minimum absolute atomic E-state index is 0.0471. The predicted molar refractivity (Wildman–Crippen MR) is 105 cm³/mol. The number of hydrogen-bond donors (Lipinski definition) is 1. The Morgan fingerprint density at radius 1 is 1.35 bits per heavy atom. The zero-order chi connectivity index (χ0) is 18.7. The average molecular weight is 399 g/mol. The summed E-state index contributed by atoms with van der Waals surface area (Å²) in [5, 5.41) is 0. The summed E-state index contributed by atoms with van der Waals surface area (Å²) in [4.78, 5) is 0. The SMILES string of the molecule is CC1C[C@H](OC(=S)S)[C@H]([C@H](OCc2ccccc2)[C@@H]2COC(C)(C)O2)O1. The van der Waals surface area contributed by atoms with Gasteiger partial charge in [0.1, 0.15) is 24.4 Å². The lowest BCUT2D eigenvalue weighted by atomic mass is 10.0. The molecule has 0 aromatic heterocycles. The summed E-state index contributed by atoms with van der Waals surface area (Å²) in [5.41, 5.74) is 1.09. The summed E-state index contributed by atoms with van der Waals surface area (Å²) in [5.74, 6) is -0.640. The van der Waals surface area contributed by atoms with Crippen LogP contribution in [0.3, 0.4) is 0 Å². The number of thiocarbonyl (C=S) groups is 1. The predicted octanol–water partition coefficient (Wildman–Crippen LogP) is 3.50. The fraction of sp³-hybridized carbons (Fsp3) is 0.632. The van der Waals surface area contributed by atoms with Gasteiger partial charge in [0.05, 0.1) is 19.3 Å². The number of ether oxygens (including phenoxy) is 5. The van der Waals surface area contributed by atoms with E-state index in [4.69, 9.17) is 35.9 Å². The number of hydrogen-bond acceptors (Lipinski definition) is 6. The number of benzene rings is 1. The Kier molecular flexibility index (Phi) is 6.59. The van der Waals surface area contributed by atoms with Gasteiger partial charge in [0, 0.05) is 6.42 Å². The third kappa shape index (κ3) is 5.18. The van der Waals surface area contributed by atoms with E-state index in [1.54, 1.807) is 0 Å². The zero-order valence-electron chi connectivity index (χ0n) is 15.3. The van der Waals surface area contributed by atoms with Gasteiger partial charge in [-0.15, -0.1) is 0 Å². The van der Waals surface area contributed by atoms with Gasteiger partial charge in [0.2, 0.25) is 4.38 Å².